The summed E-state index contributed by atoms with van der Waals surface area (Å²) in [5, 5.41) is 0. The van der Waals surface area contributed by atoms with Gasteiger partial charge in [-0.2, -0.15) is 0 Å². The minimum Gasteiger partial charge on any atom is -0.299 e. The lowest BCUT2D eigenvalue weighted by Crippen LogP contribution is -2.54. The first-order chi connectivity index (χ1) is 11.3. The lowest BCUT2D eigenvalue weighted by molar-refractivity contribution is 0.0437. The summed E-state index contributed by atoms with van der Waals surface area (Å²) in [7, 11) is 0. The zero-order chi connectivity index (χ0) is 16.1. The van der Waals surface area contributed by atoms with Crippen molar-refractivity contribution in [2.45, 2.75) is 51.7 Å². The lowest BCUT2D eigenvalue weighted by Gasteiger charge is -2.44. The molecule has 1 aromatic carbocycles. The fourth-order valence-electron chi connectivity index (χ4n) is 4.09. The van der Waals surface area contributed by atoms with Crippen molar-refractivity contribution in [1.29, 1.82) is 0 Å². The van der Waals surface area contributed by atoms with E-state index in [1.54, 1.807) is 0 Å². The summed E-state index contributed by atoms with van der Waals surface area (Å²) >= 11 is 0. The van der Waals surface area contributed by atoms with E-state index in [0.717, 1.165) is 18.6 Å². The first-order valence-corrected chi connectivity index (χ1v) is 9.50. The minimum atomic E-state index is 0.755. The van der Waals surface area contributed by atoms with Crippen LogP contribution in [0.4, 0.5) is 0 Å². The van der Waals surface area contributed by atoms with Gasteiger partial charge in [0.1, 0.15) is 0 Å². The molecular weight excluding hydrogens is 282 g/mol. The number of piperidine rings is 1. The summed E-state index contributed by atoms with van der Waals surface area (Å²) in [6.45, 7) is 13.4. The summed E-state index contributed by atoms with van der Waals surface area (Å²) in [6, 6.07) is 12.5. The van der Waals surface area contributed by atoms with Crippen molar-refractivity contribution in [3.05, 3.63) is 35.9 Å². The summed E-state index contributed by atoms with van der Waals surface area (Å²) in [5.74, 6) is 0. The lowest BCUT2D eigenvalue weighted by atomic mass is 10.0. The molecule has 3 nitrogen and oxygen atoms in total. The quantitative estimate of drug-likeness (QED) is 0.827. The summed E-state index contributed by atoms with van der Waals surface area (Å²) < 4.78 is 0. The SMILES string of the molecule is CC[C@@H](C)N1CCN(C2CCN(Cc3ccccc3)CC2)CC1. The molecule has 0 bridgehead atoms. The molecule has 3 heteroatoms. The maximum Gasteiger partial charge on any atom is 0.0233 e. The zero-order valence-corrected chi connectivity index (χ0v) is 15.0. The van der Waals surface area contributed by atoms with E-state index in [0.29, 0.717) is 0 Å². The van der Waals surface area contributed by atoms with E-state index in [2.05, 4.69) is 58.9 Å². The van der Waals surface area contributed by atoms with Crippen LogP contribution >= 0.6 is 0 Å². The van der Waals surface area contributed by atoms with E-state index in [-0.39, 0.29) is 0 Å². The molecule has 0 spiro atoms. The number of benzene rings is 1. The van der Waals surface area contributed by atoms with E-state index in [4.69, 9.17) is 0 Å². The van der Waals surface area contributed by atoms with Crippen molar-refractivity contribution >= 4 is 0 Å². The summed E-state index contributed by atoms with van der Waals surface area (Å²) in [6.07, 6.45) is 3.96. The van der Waals surface area contributed by atoms with Crippen LogP contribution < -0.4 is 0 Å². The van der Waals surface area contributed by atoms with Gasteiger partial charge in [-0.3, -0.25) is 14.7 Å². The average Bonchev–Trinajstić information content (AvgIpc) is 2.63. The first-order valence-electron chi connectivity index (χ1n) is 9.50. The van der Waals surface area contributed by atoms with E-state index in [1.165, 1.54) is 64.1 Å². The molecule has 0 aromatic heterocycles. The van der Waals surface area contributed by atoms with Crippen LogP contribution in [0.5, 0.6) is 0 Å². The molecule has 2 aliphatic heterocycles. The van der Waals surface area contributed by atoms with Crippen LogP contribution in [0, 0.1) is 0 Å². The van der Waals surface area contributed by atoms with E-state index in [9.17, 15) is 0 Å². The van der Waals surface area contributed by atoms with Crippen molar-refractivity contribution in [2.24, 2.45) is 0 Å². The highest BCUT2D eigenvalue weighted by atomic mass is 15.3. The fourth-order valence-corrected chi connectivity index (χ4v) is 4.09. The normalized spacial score (nSPS) is 23.9. The number of piperazine rings is 1. The Hall–Kier alpha value is -0.900. The Morgan fingerprint density at radius 1 is 0.957 bits per heavy atom. The van der Waals surface area contributed by atoms with Crippen LogP contribution in [-0.4, -0.2) is 66.1 Å². The monoisotopic (exact) mass is 315 g/mol. The van der Waals surface area contributed by atoms with Crippen molar-refractivity contribution in [1.82, 2.24) is 14.7 Å². The Morgan fingerprint density at radius 3 is 2.22 bits per heavy atom. The van der Waals surface area contributed by atoms with E-state index >= 15 is 0 Å². The number of hydrogen-bond acceptors (Lipinski definition) is 3. The van der Waals surface area contributed by atoms with Crippen molar-refractivity contribution in [3.63, 3.8) is 0 Å². The van der Waals surface area contributed by atoms with Gasteiger partial charge in [0.05, 0.1) is 0 Å². The standard InChI is InChI=1S/C20H33N3/c1-3-18(2)22-13-15-23(16-14-22)20-9-11-21(12-10-20)17-19-7-5-4-6-8-19/h4-8,18,20H,3,9-17H2,1-2H3/t18-/m1/s1. The van der Waals surface area contributed by atoms with Crippen molar-refractivity contribution in [3.8, 4) is 0 Å². The Morgan fingerprint density at radius 2 is 1.61 bits per heavy atom. The number of rotatable bonds is 5. The fraction of sp³-hybridized carbons (Fsp3) is 0.700. The molecule has 2 fully saturated rings. The molecule has 128 valence electrons. The molecule has 0 amide bonds. The number of hydrogen-bond donors (Lipinski definition) is 0. The van der Waals surface area contributed by atoms with E-state index in [1.807, 2.05) is 0 Å². The molecule has 3 rings (SSSR count). The molecule has 23 heavy (non-hydrogen) atoms. The molecule has 0 unspecified atom stereocenters. The first kappa shape index (κ1) is 16.9. The molecule has 0 aliphatic carbocycles. The maximum absolute atomic E-state index is 2.76. The van der Waals surface area contributed by atoms with Gasteiger partial charge >= 0.3 is 0 Å². The third-order valence-electron chi connectivity index (χ3n) is 5.89. The van der Waals surface area contributed by atoms with E-state index < -0.39 is 0 Å². The molecule has 2 saturated heterocycles. The molecule has 0 N–H and O–H groups in total. The molecule has 1 atom stereocenters. The van der Waals surface area contributed by atoms with Gasteiger partial charge in [0.2, 0.25) is 0 Å². The van der Waals surface area contributed by atoms with Crippen LogP contribution in [0.15, 0.2) is 30.3 Å². The maximum atomic E-state index is 2.76. The molecule has 2 heterocycles. The summed E-state index contributed by atoms with van der Waals surface area (Å²) in [4.78, 5) is 8.06. The van der Waals surface area contributed by atoms with Gasteiger partial charge in [-0.05, 0) is 44.8 Å². The highest BCUT2D eigenvalue weighted by Gasteiger charge is 2.28. The predicted octanol–water partition coefficient (Wildman–Crippen LogP) is 3.07. The topological polar surface area (TPSA) is 9.72 Å². The second kappa shape index (κ2) is 8.27. The Balaban J connectivity index is 1.41. The molecular formula is C20H33N3. The Bertz CT molecular complexity index is 445. The summed E-state index contributed by atoms with van der Waals surface area (Å²) in [5.41, 5.74) is 1.45. The molecule has 0 saturated carbocycles. The zero-order valence-electron chi connectivity index (χ0n) is 15.0. The smallest absolute Gasteiger partial charge is 0.0233 e. The van der Waals surface area contributed by atoms with Crippen molar-refractivity contribution < 1.29 is 0 Å². The van der Waals surface area contributed by atoms with Gasteiger partial charge in [0.15, 0.2) is 0 Å². The highest BCUT2D eigenvalue weighted by molar-refractivity contribution is 5.14. The van der Waals surface area contributed by atoms with Gasteiger partial charge in [-0.25, -0.2) is 0 Å². The van der Waals surface area contributed by atoms with Gasteiger partial charge in [0, 0.05) is 44.8 Å². The second-order valence-electron chi connectivity index (χ2n) is 7.32. The minimum absolute atomic E-state index is 0.755. The van der Waals surface area contributed by atoms with Crippen LogP contribution in [0.2, 0.25) is 0 Å². The van der Waals surface area contributed by atoms with Gasteiger partial charge in [-0.1, -0.05) is 37.3 Å². The van der Waals surface area contributed by atoms with Gasteiger partial charge in [-0.15, -0.1) is 0 Å². The predicted molar refractivity (Wildman–Crippen MR) is 97.6 cm³/mol. The van der Waals surface area contributed by atoms with Crippen molar-refractivity contribution in [2.75, 3.05) is 39.3 Å². The van der Waals surface area contributed by atoms with Crippen LogP contribution in [0.25, 0.3) is 0 Å². The Kier molecular flexibility index (Phi) is 6.09. The molecule has 2 aliphatic rings. The molecule has 1 aromatic rings. The highest BCUT2D eigenvalue weighted by Crippen LogP contribution is 2.20. The van der Waals surface area contributed by atoms with Gasteiger partial charge < -0.3 is 0 Å². The second-order valence-corrected chi connectivity index (χ2v) is 7.32. The van der Waals surface area contributed by atoms with Crippen LogP contribution in [0.1, 0.15) is 38.7 Å². The van der Waals surface area contributed by atoms with Gasteiger partial charge in [0.25, 0.3) is 0 Å². The number of nitrogens with zero attached hydrogens (tertiary/aromatic N) is 3. The third kappa shape index (κ3) is 4.56. The average molecular weight is 316 g/mol. The third-order valence-corrected chi connectivity index (χ3v) is 5.89. The molecule has 0 radical (unpaired) electrons. The van der Waals surface area contributed by atoms with Crippen LogP contribution in [0.3, 0.4) is 0 Å². The Labute approximate surface area is 142 Å². The van der Waals surface area contributed by atoms with Crippen LogP contribution in [-0.2, 0) is 6.54 Å². The largest absolute Gasteiger partial charge is 0.299 e. The number of likely N-dealkylation sites (tertiary alicyclic amines) is 1.